The molecule has 8 heteroatoms. The van der Waals surface area contributed by atoms with E-state index >= 15 is 0 Å². The number of carbonyl (C=O) groups is 2. The zero-order valence-electron chi connectivity index (χ0n) is 15.0. The van der Waals surface area contributed by atoms with E-state index in [0.29, 0.717) is 22.7 Å². The number of pyridine rings is 1. The number of hydrogen-bond donors (Lipinski definition) is 2. The number of anilines is 2. The molecule has 3 rings (SSSR count). The number of benzene rings is 1. The standard InChI is InChI=1S/C18H19N5O3/c1-10-14-7-12(9-19-17(14)23(3)22-10)18(25)21-13-5-6-15(20-11(2)24)16(8-13)26-4/h5-9H,1-4H3,(H,20,24)(H,21,25). The molecule has 0 unspecified atom stereocenters. The average Bonchev–Trinajstić information content (AvgIpc) is 2.89. The van der Waals surface area contributed by atoms with Crippen LogP contribution in [0.2, 0.25) is 0 Å². The number of nitrogens with zero attached hydrogens (tertiary/aromatic N) is 3. The van der Waals surface area contributed by atoms with Crippen molar-refractivity contribution in [3.05, 3.63) is 41.7 Å². The molecule has 0 atom stereocenters. The third-order valence-electron chi connectivity index (χ3n) is 3.90. The summed E-state index contributed by atoms with van der Waals surface area (Å²) in [6, 6.07) is 6.77. The Balaban J connectivity index is 1.85. The van der Waals surface area contributed by atoms with Gasteiger partial charge >= 0.3 is 0 Å². The van der Waals surface area contributed by atoms with Crippen LogP contribution < -0.4 is 15.4 Å². The van der Waals surface area contributed by atoms with E-state index < -0.39 is 0 Å². The molecule has 8 nitrogen and oxygen atoms in total. The minimum absolute atomic E-state index is 0.202. The topological polar surface area (TPSA) is 98.1 Å². The van der Waals surface area contributed by atoms with Crippen molar-refractivity contribution in [3.63, 3.8) is 0 Å². The van der Waals surface area contributed by atoms with Gasteiger partial charge in [-0.25, -0.2) is 4.98 Å². The predicted octanol–water partition coefficient (Wildman–Crippen LogP) is 2.50. The van der Waals surface area contributed by atoms with Gasteiger partial charge in [0.25, 0.3) is 5.91 Å². The quantitative estimate of drug-likeness (QED) is 0.751. The monoisotopic (exact) mass is 353 g/mol. The predicted molar refractivity (Wildman–Crippen MR) is 98.5 cm³/mol. The Morgan fingerprint density at radius 2 is 1.96 bits per heavy atom. The molecule has 0 aliphatic rings. The molecule has 134 valence electrons. The Morgan fingerprint density at radius 3 is 2.65 bits per heavy atom. The minimum atomic E-state index is -0.294. The lowest BCUT2D eigenvalue weighted by molar-refractivity contribution is -0.114. The van der Waals surface area contributed by atoms with Gasteiger partial charge in [-0.1, -0.05) is 0 Å². The van der Waals surface area contributed by atoms with Gasteiger partial charge in [0.05, 0.1) is 24.1 Å². The molecule has 2 aromatic heterocycles. The van der Waals surface area contributed by atoms with Gasteiger partial charge in [-0.05, 0) is 25.1 Å². The SMILES string of the molecule is COc1cc(NC(=O)c2cnc3c(c2)c(C)nn3C)ccc1NC(C)=O. The van der Waals surface area contributed by atoms with Crippen molar-refractivity contribution >= 4 is 34.2 Å². The third-order valence-corrected chi connectivity index (χ3v) is 3.90. The molecule has 2 N–H and O–H groups in total. The van der Waals surface area contributed by atoms with E-state index in [0.717, 1.165) is 16.7 Å². The van der Waals surface area contributed by atoms with Crippen molar-refractivity contribution in [1.29, 1.82) is 0 Å². The lowest BCUT2D eigenvalue weighted by Crippen LogP contribution is -2.13. The molecule has 0 radical (unpaired) electrons. The third kappa shape index (κ3) is 3.34. The largest absolute Gasteiger partial charge is 0.494 e. The Hall–Kier alpha value is -3.42. The average molecular weight is 353 g/mol. The molecule has 2 amide bonds. The smallest absolute Gasteiger partial charge is 0.257 e. The van der Waals surface area contributed by atoms with Crippen LogP contribution in [0.1, 0.15) is 23.0 Å². The number of amides is 2. The van der Waals surface area contributed by atoms with Gasteiger partial charge in [-0.2, -0.15) is 5.10 Å². The molecule has 0 saturated heterocycles. The van der Waals surface area contributed by atoms with Crippen molar-refractivity contribution < 1.29 is 14.3 Å². The van der Waals surface area contributed by atoms with Crippen molar-refractivity contribution in [3.8, 4) is 5.75 Å². The maximum absolute atomic E-state index is 12.5. The van der Waals surface area contributed by atoms with Gasteiger partial charge in [0, 0.05) is 37.3 Å². The van der Waals surface area contributed by atoms with E-state index in [1.807, 2.05) is 14.0 Å². The number of aryl methyl sites for hydroxylation is 2. The number of fused-ring (bicyclic) bond motifs is 1. The molecule has 1 aromatic carbocycles. The Kier molecular flexibility index (Phi) is 4.57. The molecule has 2 heterocycles. The first-order valence-electron chi connectivity index (χ1n) is 7.95. The van der Waals surface area contributed by atoms with Gasteiger partial charge < -0.3 is 15.4 Å². The van der Waals surface area contributed by atoms with Crippen LogP contribution in [-0.2, 0) is 11.8 Å². The zero-order chi connectivity index (χ0) is 18.8. The second-order valence-corrected chi connectivity index (χ2v) is 5.85. The van der Waals surface area contributed by atoms with Crippen molar-refractivity contribution in [1.82, 2.24) is 14.8 Å². The Bertz CT molecular complexity index is 1010. The highest BCUT2D eigenvalue weighted by molar-refractivity contribution is 6.06. The van der Waals surface area contributed by atoms with E-state index in [-0.39, 0.29) is 11.8 Å². The van der Waals surface area contributed by atoms with Crippen molar-refractivity contribution in [2.75, 3.05) is 17.7 Å². The Morgan fingerprint density at radius 1 is 1.19 bits per heavy atom. The molecule has 0 saturated carbocycles. The maximum atomic E-state index is 12.5. The van der Waals surface area contributed by atoms with E-state index in [4.69, 9.17) is 4.74 Å². The van der Waals surface area contributed by atoms with Crippen LogP contribution in [0.3, 0.4) is 0 Å². The Labute approximate surface area is 150 Å². The lowest BCUT2D eigenvalue weighted by Gasteiger charge is -2.12. The molecule has 0 fully saturated rings. The minimum Gasteiger partial charge on any atom is -0.494 e. The summed E-state index contributed by atoms with van der Waals surface area (Å²) in [7, 11) is 3.31. The number of aromatic nitrogens is 3. The fraction of sp³-hybridized carbons (Fsp3) is 0.222. The van der Waals surface area contributed by atoms with Gasteiger partial charge in [0.15, 0.2) is 5.65 Å². The number of methoxy groups -OCH3 is 1. The van der Waals surface area contributed by atoms with E-state index in [1.165, 1.54) is 20.2 Å². The zero-order valence-corrected chi connectivity index (χ0v) is 15.0. The summed E-state index contributed by atoms with van der Waals surface area (Å²) in [5, 5.41) is 10.6. The highest BCUT2D eigenvalue weighted by Gasteiger charge is 2.13. The van der Waals surface area contributed by atoms with Gasteiger partial charge in [-0.15, -0.1) is 0 Å². The van der Waals surface area contributed by atoms with E-state index in [2.05, 4.69) is 20.7 Å². The van der Waals surface area contributed by atoms with Crippen LogP contribution in [0.5, 0.6) is 5.75 Å². The summed E-state index contributed by atoms with van der Waals surface area (Å²) in [5.41, 5.74) is 3.04. The van der Waals surface area contributed by atoms with Crippen molar-refractivity contribution in [2.45, 2.75) is 13.8 Å². The van der Waals surface area contributed by atoms with Crippen LogP contribution in [0.15, 0.2) is 30.5 Å². The molecule has 0 bridgehead atoms. The van der Waals surface area contributed by atoms with Crippen LogP contribution in [0.4, 0.5) is 11.4 Å². The molecule has 26 heavy (non-hydrogen) atoms. The summed E-state index contributed by atoms with van der Waals surface area (Å²) in [5.74, 6) is -0.0435. The van der Waals surface area contributed by atoms with E-state index in [1.54, 1.807) is 28.9 Å². The lowest BCUT2D eigenvalue weighted by atomic mass is 10.2. The summed E-state index contributed by atoms with van der Waals surface area (Å²) in [6.07, 6.45) is 1.52. The first-order chi connectivity index (χ1) is 12.4. The van der Waals surface area contributed by atoms with Gasteiger partial charge in [-0.3, -0.25) is 14.3 Å². The first kappa shape index (κ1) is 17.4. The summed E-state index contributed by atoms with van der Waals surface area (Å²) in [4.78, 5) is 28.1. The fourth-order valence-corrected chi connectivity index (χ4v) is 2.70. The van der Waals surface area contributed by atoms with E-state index in [9.17, 15) is 9.59 Å². The summed E-state index contributed by atoms with van der Waals surface area (Å²) in [6.45, 7) is 3.29. The molecule has 3 aromatic rings. The van der Waals surface area contributed by atoms with Crippen LogP contribution >= 0.6 is 0 Å². The highest BCUT2D eigenvalue weighted by Crippen LogP contribution is 2.28. The number of hydrogen-bond acceptors (Lipinski definition) is 5. The summed E-state index contributed by atoms with van der Waals surface area (Å²) < 4.78 is 6.94. The first-order valence-corrected chi connectivity index (χ1v) is 7.95. The number of carbonyl (C=O) groups excluding carboxylic acids is 2. The van der Waals surface area contributed by atoms with Crippen LogP contribution in [0.25, 0.3) is 11.0 Å². The maximum Gasteiger partial charge on any atom is 0.257 e. The van der Waals surface area contributed by atoms with Crippen LogP contribution in [0, 0.1) is 6.92 Å². The second kappa shape index (κ2) is 6.83. The highest BCUT2D eigenvalue weighted by atomic mass is 16.5. The fourth-order valence-electron chi connectivity index (χ4n) is 2.70. The molecule has 0 aliphatic heterocycles. The molecular formula is C18H19N5O3. The molecule has 0 spiro atoms. The number of rotatable bonds is 4. The normalized spacial score (nSPS) is 10.6. The molecule has 0 aliphatic carbocycles. The number of ether oxygens (including phenoxy) is 1. The molecular weight excluding hydrogens is 334 g/mol. The number of nitrogens with one attached hydrogen (secondary N) is 2. The summed E-state index contributed by atoms with van der Waals surface area (Å²) >= 11 is 0. The van der Waals surface area contributed by atoms with Crippen molar-refractivity contribution in [2.24, 2.45) is 7.05 Å². The second-order valence-electron chi connectivity index (χ2n) is 5.85. The van der Waals surface area contributed by atoms with Gasteiger partial charge in [0.1, 0.15) is 5.75 Å². The van der Waals surface area contributed by atoms with Gasteiger partial charge in [0.2, 0.25) is 5.91 Å². The van der Waals surface area contributed by atoms with Crippen LogP contribution in [-0.4, -0.2) is 33.7 Å².